The quantitative estimate of drug-likeness (QED) is 0.824. The lowest BCUT2D eigenvalue weighted by atomic mass is 10.2. The summed E-state index contributed by atoms with van der Waals surface area (Å²) in [5.74, 6) is 0.448. The molecule has 0 saturated carbocycles. The Morgan fingerprint density at radius 2 is 2.18 bits per heavy atom. The minimum absolute atomic E-state index is 0.0418. The van der Waals surface area contributed by atoms with Crippen molar-refractivity contribution in [2.45, 2.75) is 0 Å². The summed E-state index contributed by atoms with van der Waals surface area (Å²) < 4.78 is 28.1. The van der Waals surface area contributed by atoms with Crippen LogP contribution in [-0.4, -0.2) is 32.0 Å². The van der Waals surface area contributed by atoms with E-state index in [0.29, 0.717) is 11.3 Å². The molecule has 0 aliphatic rings. The molecule has 0 saturated heterocycles. The first-order valence-corrected chi connectivity index (χ1v) is 7.95. The van der Waals surface area contributed by atoms with Crippen molar-refractivity contribution in [1.82, 2.24) is 0 Å². The molecule has 2 N–H and O–H groups in total. The van der Waals surface area contributed by atoms with Crippen LogP contribution in [0.4, 0.5) is 0 Å². The average Bonchev–Trinajstić information content (AvgIpc) is 2.18. The van der Waals surface area contributed by atoms with Crippen molar-refractivity contribution in [1.29, 1.82) is 0 Å². The Bertz CT molecular complexity index is 528. The SMILES string of the molecule is CS(=O)(=O)CCOc1ccc(Br)cc1C(N)=S. The monoisotopic (exact) mass is 337 g/mol. The average molecular weight is 338 g/mol. The lowest BCUT2D eigenvalue weighted by molar-refractivity contribution is 0.340. The minimum Gasteiger partial charge on any atom is -0.492 e. The van der Waals surface area contributed by atoms with E-state index in [1.54, 1.807) is 18.2 Å². The van der Waals surface area contributed by atoms with Gasteiger partial charge >= 0.3 is 0 Å². The molecule has 0 unspecified atom stereocenters. The van der Waals surface area contributed by atoms with Crippen molar-refractivity contribution in [2.24, 2.45) is 5.73 Å². The summed E-state index contributed by atoms with van der Waals surface area (Å²) in [4.78, 5) is 0.209. The van der Waals surface area contributed by atoms with E-state index >= 15 is 0 Å². The molecule has 1 rings (SSSR count). The largest absolute Gasteiger partial charge is 0.492 e. The maximum absolute atomic E-state index is 11.0. The van der Waals surface area contributed by atoms with Crippen LogP contribution in [-0.2, 0) is 9.84 Å². The first-order chi connectivity index (χ1) is 7.79. The Morgan fingerprint density at radius 1 is 1.53 bits per heavy atom. The summed E-state index contributed by atoms with van der Waals surface area (Å²) in [6.45, 7) is 0.0794. The van der Waals surface area contributed by atoms with Crippen LogP contribution in [0.15, 0.2) is 22.7 Å². The van der Waals surface area contributed by atoms with Gasteiger partial charge in [-0.25, -0.2) is 8.42 Å². The van der Waals surface area contributed by atoms with Crippen molar-refractivity contribution in [3.8, 4) is 5.75 Å². The van der Waals surface area contributed by atoms with Gasteiger partial charge in [0.05, 0.1) is 11.3 Å². The van der Waals surface area contributed by atoms with Crippen LogP contribution in [0.1, 0.15) is 5.56 Å². The van der Waals surface area contributed by atoms with E-state index < -0.39 is 9.84 Å². The van der Waals surface area contributed by atoms with Gasteiger partial charge in [-0.3, -0.25) is 0 Å². The first-order valence-electron chi connectivity index (χ1n) is 4.69. The molecule has 1 aromatic rings. The molecule has 0 radical (unpaired) electrons. The fourth-order valence-electron chi connectivity index (χ4n) is 1.12. The number of halogens is 1. The Balaban J connectivity index is 2.81. The van der Waals surface area contributed by atoms with Gasteiger partial charge in [-0.15, -0.1) is 0 Å². The highest BCUT2D eigenvalue weighted by Crippen LogP contribution is 2.23. The van der Waals surface area contributed by atoms with E-state index in [1.807, 2.05) is 0 Å². The summed E-state index contributed by atoms with van der Waals surface area (Å²) in [5.41, 5.74) is 6.14. The van der Waals surface area contributed by atoms with Crippen LogP contribution in [0.5, 0.6) is 5.75 Å². The lowest BCUT2D eigenvalue weighted by Crippen LogP contribution is -2.15. The molecule has 17 heavy (non-hydrogen) atoms. The van der Waals surface area contributed by atoms with Gasteiger partial charge in [0.1, 0.15) is 17.3 Å². The van der Waals surface area contributed by atoms with E-state index in [1.165, 1.54) is 0 Å². The van der Waals surface area contributed by atoms with Crippen LogP contribution in [0.3, 0.4) is 0 Å². The Labute approximate surface area is 114 Å². The fraction of sp³-hybridized carbons (Fsp3) is 0.300. The van der Waals surface area contributed by atoms with Crippen LogP contribution >= 0.6 is 28.1 Å². The zero-order valence-corrected chi connectivity index (χ0v) is 12.4. The summed E-state index contributed by atoms with van der Waals surface area (Å²) >= 11 is 8.19. The predicted octanol–water partition coefficient (Wildman–Crippen LogP) is 1.51. The smallest absolute Gasteiger partial charge is 0.150 e. The van der Waals surface area contributed by atoms with Crippen molar-refractivity contribution < 1.29 is 13.2 Å². The number of nitrogens with two attached hydrogens (primary N) is 1. The van der Waals surface area contributed by atoms with Crippen LogP contribution in [0.2, 0.25) is 0 Å². The molecule has 0 amide bonds. The standard InChI is InChI=1S/C10H12BrNO3S2/c1-17(13,14)5-4-15-9-3-2-7(11)6-8(9)10(12)16/h2-3,6H,4-5H2,1H3,(H2,12,16). The molecule has 1 aromatic carbocycles. The number of sulfone groups is 1. The third-order valence-electron chi connectivity index (χ3n) is 1.92. The van der Waals surface area contributed by atoms with E-state index in [-0.39, 0.29) is 17.3 Å². The third-order valence-corrected chi connectivity index (χ3v) is 3.54. The molecule has 0 spiro atoms. The van der Waals surface area contributed by atoms with Gasteiger partial charge in [-0.2, -0.15) is 0 Å². The normalized spacial score (nSPS) is 11.2. The molecule has 0 bridgehead atoms. The molecule has 7 heteroatoms. The minimum atomic E-state index is -3.03. The Hall–Kier alpha value is -0.660. The second-order valence-electron chi connectivity index (χ2n) is 3.48. The van der Waals surface area contributed by atoms with Gasteiger partial charge < -0.3 is 10.5 Å². The van der Waals surface area contributed by atoms with Crippen molar-refractivity contribution in [2.75, 3.05) is 18.6 Å². The maximum Gasteiger partial charge on any atom is 0.150 e. The van der Waals surface area contributed by atoms with Gasteiger partial charge in [0.15, 0.2) is 9.84 Å². The highest BCUT2D eigenvalue weighted by atomic mass is 79.9. The molecule has 0 aromatic heterocycles. The number of hydrogen-bond donors (Lipinski definition) is 1. The molecular formula is C10H12BrNO3S2. The number of thiocarbonyl (C=S) groups is 1. The van der Waals surface area contributed by atoms with Crippen molar-refractivity contribution >= 4 is 43.0 Å². The van der Waals surface area contributed by atoms with Crippen LogP contribution in [0.25, 0.3) is 0 Å². The first kappa shape index (κ1) is 14.4. The van der Waals surface area contributed by atoms with Gasteiger partial charge in [0.25, 0.3) is 0 Å². The Morgan fingerprint density at radius 3 is 2.71 bits per heavy atom. The zero-order chi connectivity index (χ0) is 13.1. The third kappa shape index (κ3) is 5.01. The van der Waals surface area contributed by atoms with E-state index in [4.69, 9.17) is 22.7 Å². The molecule has 0 heterocycles. The maximum atomic E-state index is 11.0. The summed E-state index contributed by atoms with van der Waals surface area (Å²) in [6.07, 6.45) is 1.16. The number of hydrogen-bond acceptors (Lipinski definition) is 4. The van der Waals surface area contributed by atoms with Gasteiger partial charge in [-0.1, -0.05) is 28.1 Å². The Kier molecular flexibility index (Phi) is 4.91. The second-order valence-corrected chi connectivity index (χ2v) is 7.10. The van der Waals surface area contributed by atoms with Crippen LogP contribution < -0.4 is 10.5 Å². The fourth-order valence-corrected chi connectivity index (χ4v) is 2.03. The number of rotatable bonds is 5. The molecule has 0 atom stereocenters. The van der Waals surface area contributed by atoms with Crippen LogP contribution in [0, 0.1) is 0 Å². The van der Waals surface area contributed by atoms with Crippen molar-refractivity contribution in [3.05, 3.63) is 28.2 Å². The highest BCUT2D eigenvalue weighted by molar-refractivity contribution is 9.10. The van der Waals surface area contributed by atoms with Crippen molar-refractivity contribution in [3.63, 3.8) is 0 Å². The molecular weight excluding hydrogens is 326 g/mol. The number of benzene rings is 1. The van der Waals surface area contributed by atoms with Gasteiger partial charge in [-0.05, 0) is 18.2 Å². The lowest BCUT2D eigenvalue weighted by Gasteiger charge is -2.10. The zero-order valence-electron chi connectivity index (χ0n) is 9.14. The molecule has 0 aliphatic carbocycles. The summed E-state index contributed by atoms with van der Waals surface area (Å²) in [6, 6.07) is 5.20. The number of ether oxygens (including phenoxy) is 1. The van der Waals surface area contributed by atoms with E-state index in [2.05, 4.69) is 15.9 Å². The van der Waals surface area contributed by atoms with E-state index in [0.717, 1.165) is 10.7 Å². The second kappa shape index (κ2) is 5.79. The summed E-state index contributed by atoms with van der Waals surface area (Å²) in [5, 5.41) is 0. The highest BCUT2D eigenvalue weighted by Gasteiger charge is 2.09. The predicted molar refractivity (Wildman–Crippen MR) is 75.2 cm³/mol. The van der Waals surface area contributed by atoms with Gasteiger partial charge in [0, 0.05) is 10.7 Å². The molecule has 4 nitrogen and oxygen atoms in total. The molecule has 0 aliphatic heterocycles. The van der Waals surface area contributed by atoms with E-state index in [9.17, 15) is 8.42 Å². The van der Waals surface area contributed by atoms with Gasteiger partial charge in [0.2, 0.25) is 0 Å². The molecule has 0 fully saturated rings. The summed E-state index contributed by atoms with van der Waals surface area (Å²) in [7, 11) is -3.03. The topological polar surface area (TPSA) is 69.4 Å². The molecule has 94 valence electrons.